The minimum atomic E-state index is 0.132. The zero-order chi connectivity index (χ0) is 18.5. The number of carbonyl (C=O) groups is 1. The average molecular weight is 375 g/mol. The Labute approximate surface area is 158 Å². The monoisotopic (exact) mass is 375 g/mol. The summed E-state index contributed by atoms with van der Waals surface area (Å²) in [5.41, 5.74) is 1.16. The standard InChI is InChI=1S/C18H25N5O2S/c1-13(2)11-23-18(19-20-21-23)26-12-17(24)22-10-4-5-16(22)14-6-8-15(25-3)9-7-14/h6-9,13,16H,4-5,10-12H2,1-3H3. The van der Waals surface area contributed by atoms with Gasteiger partial charge >= 0.3 is 0 Å². The maximum atomic E-state index is 12.8. The summed E-state index contributed by atoms with van der Waals surface area (Å²) in [7, 11) is 1.66. The van der Waals surface area contributed by atoms with Crippen LogP contribution in [-0.4, -0.2) is 50.4 Å². The van der Waals surface area contributed by atoms with Crippen LogP contribution in [0.1, 0.15) is 38.3 Å². The minimum absolute atomic E-state index is 0.132. The van der Waals surface area contributed by atoms with E-state index in [1.807, 2.05) is 29.2 Å². The molecule has 1 saturated heterocycles. The second-order valence-electron chi connectivity index (χ2n) is 6.84. The lowest BCUT2D eigenvalue weighted by atomic mass is 10.0. The molecule has 2 heterocycles. The second-order valence-corrected chi connectivity index (χ2v) is 7.79. The Morgan fingerprint density at radius 1 is 1.35 bits per heavy atom. The number of benzene rings is 1. The summed E-state index contributed by atoms with van der Waals surface area (Å²) in [6, 6.07) is 8.13. The zero-order valence-corrected chi connectivity index (χ0v) is 16.3. The van der Waals surface area contributed by atoms with Crippen LogP contribution in [0.5, 0.6) is 5.75 Å². The van der Waals surface area contributed by atoms with E-state index >= 15 is 0 Å². The first-order chi connectivity index (χ1) is 12.6. The summed E-state index contributed by atoms with van der Waals surface area (Å²) in [4.78, 5) is 14.8. The third-order valence-corrected chi connectivity index (χ3v) is 5.38. The van der Waals surface area contributed by atoms with Crippen molar-refractivity contribution in [3.05, 3.63) is 29.8 Å². The van der Waals surface area contributed by atoms with Gasteiger partial charge < -0.3 is 9.64 Å². The van der Waals surface area contributed by atoms with Gasteiger partial charge in [-0.2, -0.15) is 0 Å². The van der Waals surface area contributed by atoms with E-state index in [2.05, 4.69) is 29.4 Å². The lowest BCUT2D eigenvalue weighted by Crippen LogP contribution is -2.32. The number of hydrogen-bond donors (Lipinski definition) is 0. The SMILES string of the molecule is COc1ccc(C2CCCN2C(=O)CSc2nnnn2CC(C)C)cc1. The summed E-state index contributed by atoms with van der Waals surface area (Å²) >= 11 is 1.41. The number of amides is 1. The van der Waals surface area contributed by atoms with Crippen LogP contribution in [0.2, 0.25) is 0 Å². The zero-order valence-electron chi connectivity index (χ0n) is 15.5. The van der Waals surface area contributed by atoms with Crippen molar-refractivity contribution in [2.24, 2.45) is 5.92 Å². The molecular weight excluding hydrogens is 350 g/mol. The van der Waals surface area contributed by atoms with E-state index in [9.17, 15) is 4.79 Å². The molecule has 2 aromatic rings. The third-order valence-electron chi connectivity index (χ3n) is 4.44. The number of ether oxygens (including phenoxy) is 1. The smallest absolute Gasteiger partial charge is 0.233 e. The van der Waals surface area contributed by atoms with Crippen LogP contribution in [-0.2, 0) is 11.3 Å². The second kappa shape index (κ2) is 8.53. The Morgan fingerprint density at radius 2 is 2.12 bits per heavy atom. The molecule has 1 aliphatic heterocycles. The average Bonchev–Trinajstić information content (AvgIpc) is 3.29. The molecule has 140 valence electrons. The van der Waals surface area contributed by atoms with E-state index in [0.717, 1.165) is 37.2 Å². The molecule has 0 radical (unpaired) electrons. The topological polar surface area (TPSA) is 73.1 Å². The molecule has 0 aliphatic carbocycles. The molecule has 1 atom stereocenters. The Morgan fingerprint density at radius 3 is 2.81 bits per heavy atom. The van der Waals surface area contributed by atoms with Gasteiger partial charge in [0.2, 0.25) is 11.1 Å². The molecule has 26 heavy (non-hydrogen) atoms. The van der Waals surface area contributed by atoms with Crippen LogP contribution >= 0.6 is 11.8 Å². The maximum Gasteiger partial charge on any atom is 0.233 e. The van der Waals surface area contributed by atoms with Gasteiger partial charge in [0.1, 0.15) is 5.75 Å². The van der Waals surface area contributed by atoms with Crippen molar-refractivity contribution in [1.82, 2.24) is 25.1 Å². The van der Waals surface area contributed by atoms with Crippen LogP contribution in [0.3, 0.4) is 0 Å². The first-order valence-electron chi connectivity index (χ1n) is 8.91. The molecule has 1 amide bonds. The van der Waals surface area contributed by atoms with Gasteiger partial charge in [0.25, 0.3) is 0 Å². The van der Waals surface area contributed by atoms with Crippen LogP contribution in [0, 0.1) is 5.92 Å². The van der Waals surface area contributed by atoms with E-state index < -0.39 is 0 Å². The first-order valence-corrected chi connectivity index (χ1v) is 9.89. The quantitative estimate of drug-likeness (QED) is 0.693. The molecule has 8 heteroatoms. The highest BCUT2D eigenvalue weighted by Crippen LogP contribution is 2.33. The fourth-order valence-corrected chi connectivity index (χ4v) is 3.98. The summed E-state index contributed by atoms with van der Waals surface area (Å²) in [5.74, 6) is 1.77. The highest BCUT2D eigenvalue weighted by atomic mass is 32.2. The third kappa shape index (κ3) is 4.35. The molecule has 0 saturated carbocycles. The van der Waals surface area contributed by atoms with Crippen molar-refractivity contribution in [2.75, 3.05) is 19.4 Å². The molecule has 0 N–H and O–H groups in total. The van der Waals surface area contributed by atoms with Gasteiger partial charge in [0.15, 0.2) is 0 Å². The maximum absolute atomic E-state index is 12.8. The van der Waals surface area contributed by atoms with Crippen LogP contribution in [0.15, 0.2) is 29.4 Å². The molecule has 1 aromatic heterocycles. The number of likely N-dealkylation sites (tertiary alicyclic amines) is 1. The van der Waals surface area contributed by atoms with Crippen molar-refractivity contribution < 1.29 is 9.53 Å². The molecule has 1 aliphatic rings. The van der Waals surface area contributed by atoms with Crippen LogP contribution in [0.25, 0.3) is 0 Å². The Kier molecular flexibility index (Phi) is 6.13. The van der Waals surface area contributed by atoms with Crippen LogP contribution < -0.4 is 4.74 Å². The highest BCUT2D eigenvalue weighted by Gasteiger charge is 2.30. The number of hydrogen-bond acceptors (Lipinski definition) is 6. The number of nitrogens with zero attached hydrogens (tertiary/aromatic N) is 5. The van der Waals surface area contributed by atoms with E-state index in [0.29, 0.717) is 16.8 Å². The van der Waals surface area contributed by atoms with Crippen LogP contribution in [0.4, 0.5) is 0 Å². The normalized spacial score (nSPS) is 17.1. The lowest BCUT2D eigenvalue weighted by Gasteiger charge is -2.25. The predicted octanol–water partition coefficient (Wildman–Crippen LogP) is 2.79. The summed E-state index contributed by atoms with van der Waals surface area (Å²) in [6.07, 6.45) is 2.02. The van der Waals surface area contributed by atoms with Crippen molar-refractivity contribution in [2.45, 2.75) is 44.4 Å². The Balaban J connectivity index is 1.62. The molecule has 1 unspecified atom stereocenters. The lowest BCUT2D eigenvalue weighted by molar-refractivity contribution is -0.129. The largest absolute Gasteiger partial charge is 0.497 e. The van der Waals surface area contributed by atoms with E-state index in [1.165, 1.54) is 11.8 Å². The summed E-state index contributed by atoms with van der Waals surface area (Å²) < 4.78 is 6.99. The van der Waals surface area contributed by atoms with Gasteiger partial charge in [-0.15, -0.1) is 5.10 Å². The Bertz CT molecular complexity index is 731. The van der Waals surface area contributed by atoms with Gasteiger partial charge in [-0.1, -0.05) is 37.7 Å². The Hall–Kier alpha value is -2.09. The van der Waals surface area contributed by atoms with Gasteiger partial charge in [0, 0.05) is 13.1 Å². The number of rotatable bonds is 7. The molecule has 1 fully saturated rings. The van der Waals surface area contributed by atoms with E-state index in [4.69, 9.17) is 4.74 Å². The van der Waals surface area contributed by atoms with Gasteiger partial charge in [-0.25, -0.2) is 4.68 Å². The fourth-order valence-electron chi connectivity index (χ4n) is 3.21. The van der Waals surface area contributed by atoms with Gasteiger partial charge in [-0.05, 0) is 46.9 Å². The predicted molar refractivity (Wildman–Crippen MR) is 100 cm³/mol. The number of methoxy groups -OCH3 is 1. The number of aromatic nitrogens is 4. The van der Waals surface area contributed by atoms with Gasteiger partial charge in [-0.3, -0.25) is 4.79 Å². The highest BCUT2D eigenvalue weighted by molar-refractivity contribution is 7.99. The van der Waals surface area contributed by atoms with Crippen molar-refractivity contribution in [3.63, 3.8) is 0 Å². The van der Waals surface area contributed by atoms with Gasteiger partial charge in [0.05, 0.1) is 18.9 Å². The molecule has 7 nitrogen and oxygen atoms in total. The molecule has 3 rings (SSSR count). The minimum Gasteiger partial charge on any atom is -0.497 e. The number of tetrazole rings is 1. The molecule has 0 spiro atoms. The molecular formula is C18H25N5O2S. The van der Waals surface area contributed by atoms with Crippen molar-refractivity contribution >= 4 is 17.7 Å². The van der Waals surface area contributed by atoms with E-state index in [1.54, 1.807) is 11.8 Å². The summed E-state index contributed by atoms with van der Waals surface area (Å²) in [5, 5.41) is 12.5. The van der Waals surface area contributed by atoms with E-state index in [-0.39, 0.29) is 11.9 Å². The first kappa shape index (κ1) is 18.7. The van der Waals surface area contributed by atoms with Crippen molar-refractivity contribution in [1.29, 1.82) is 0 Å². The number of thioether (sulfide) groups is 1. The van der Waals surface area contributed by atoms with Crippen molar-refractivity contribution in [3.8, 4) is 5.75 Å². The molecule has 0 bridgehead atoms. The fraction of sp³-hybridized carbons (Fsp3) is 0.556. The summed E-state index contributed by atoms with van der Waals surface area (Å²) in [6.45, 7) is 5.78. The molecule has 1 aromatic carbocycles. The number of carbonyl (C=O) groups excluding carboxylic acids is 1.